The summed E-state index contributed by atoms with van der Waals surface area (Å²) in [5, 5.41) is 3.21. The van der Waals surface area contributed by atoms with Gasteiger partial charge in [-0.05, 0) is 36.7 Å². The van der Waals surface area contributed by atoms with Gasteiger partial charge in [0.05, 0.1) is 0 Å². The molecule has 1 N–H and O–H groups in total. The number of halogens is 1. The Morgan fingerprint density at radius 1 is 1.00 bits per heavy atom. The summed E-state index contributed by atoms with van der Waals surface area (Å²) in [4.78, 5) is 0. The second kappa shape index (κ2) is 6.31. The van der Waals surface area contributed by atoms with Crippen molar-refractivity contribution in [3.63, 3.8) is 0 Å². The first-order valence-corrected chi connectivity index (χ1v) is 6.23. The largest absolute Gasteiger partial charge is 0.319 e. The van der Waals surface area contributed by atoms with E-state index in [1.807, 2.05) is 25.2 Å². The van der Waals surface area contributed by atoms with Crippen LogP contribution in [0.3, 0.4) is 0 Å². The van der Waals surface area contributed by atoms with E-state index in [1.165, 1.54) is 23.3 Å². The number of benzene rings is 2. The van der Waals surface area contributed by atoms with Crippen LogP contribution in [0.1, 0.15) is 17.0 Å². The van der Waals surface area contributed by atoms with Crippen LogP contribution < -0.4 is 5.32 Å². The highest BCUT2D eigenvalue weighted by molar-refractivity contribution is 5.25. The van der Waals surface area contributed by atoms with E-state index in [1.54, 1.807) is 0 Å². The average Bonchev–Trinajstić information content (AvgIpc) is 2.40. The van der Waals surface area contributed by atoms with Crippen molar-refractivity contribution in [2.24, 2.45) is 0 Å². The fraction of sp³-hybridized carbons (Fsp3) is 0.250. The zero-order chi connectivity index (χ0) is 12.8. The molecule has 0 aliphatic carbocycles. The Morgan fingerprint density at radius 2 is 1.67 bits per heavy atom. The standard InChI is InChI=1S/C16H18FN/c1-18-12-15(11-13-5-3-2-4-6-13)14-7-9-16(17)10-8-14/h2-10,15,18H,11-12H2,1H3. The van der Waals surface area contributed by atoms with Crippen molar-refractivity contribution in [3.8, 4) is 0 Å². The molecule has 2 aromatic carbocycles. The Kier molecular flexibility index (Phi) is 4.48. The highest BCUT2D eigenvalue weighted by atomic mass is 19.1. The molecule has 1 unspecified atom stereocenters. The van der Waals surface area contributed by atoms with Gasteiger partial charge in [-0.2, -0.15) is 0 Å². The lowest BCUT2D eigenvalue weighted by atomic mass is 9.92. The minimum atomic E-state index is -0.179. The molecule has 2 aromatic rings. The van der Waals surface area contributed by atoms with Gasteiger partial charge in [0.2, 0.25) is 0 Å². The average molecular weight is 243 g/mol. The van der Waals surface area contributed by atoms with Crippen LogP contribution in [-0.4, -0.2) is 13.6 Å². The van der Waals surface area contributed by atoms with Crippen LogP contribution in [0, 0.1) is 5.82 Å². The smallest absolute Gasteiger partial charge is 0.123 e. The van der Waals surface area contributed by atoms with E-state index in [9.17, 15) is 4.39 Å². The van der Waals surface area contributed by atoms with E-state index in [4.69, 9.17) is 0 Å². The normalized spacial score (nSPS) is 12.3. The number of hydrogen-bond donors (Lipinski definition) is 1. The first kappa shape index (κ1) is 12.8. The quantitative estimate of drug-likeness (QED) is 0.849. The van der Waals surface area contributed by atoms with Crippen molar-refractivity contribution in [2.45, 2.75) is 12.3 Å². The van der Waals surface area contributed by atoms with Crippen LogP contribution >= 0.6 is 0 Å². The number of hydrogen-bond acceptors (Lipinski definition) is 1. The van der Waals surface area contributed by atoms with Crippen LogP contribution in [0.15, 0.2) is 54.6 Å². The van der Waals surface area contributed by atoms with Crippen LogP contribution in [0.2, 0.25) is 0 Å². The lowest BCUT2D eigenvalue weighted by Gasteiger charge is -2.17. The minimum Gasteiger partial charge on any atom is -0.319 e. The minimum absolute atomic E-state index is 0.179. The fourth-order valence-corrected chi connectivity index (χ4v) is 2.19. The molecule has 2 rings (SSSR count). The molecule has 0 fully saturated rings. The molecule has 0 amide bonds. The summed E-state index contributed by atoms with van der Waals surface area (Å²) < 4.78 is 12.9. The van der Waals surface area contributed by atoms with Gasteiger partial charge in [-0.1, -0.05) is 42.5 Å². The number of nitrogens with one attached hydrogen (secondary N) is 1. The molecule has 1 nitrogen and oxygen atoms in total. The summed E-state index contributed by atoms with van der Waals surface area (Å²) in [5.74, 6) is 0.194. The second-order valence-electron chi connectivity index (χ2n) is 4.50. The zero-order valence-corrected chi connectivity index (χ0v) is 10.6. The molecule has 0 saturated carbocycles. The fourth-order valence-electron chi connectivity index (χ4n) is 2.19. The Labute approximate surface area is 108 Å². The third-order valence-corrected chi connectivity index (χ3v) is 3.12. The predicted octanol–water partition coefficient (Wildman–Crippen LogP) is 3.37. The highest BCUT2D eigenvalue weighted by Gasteiger charge is 2.11. The van der Waals surface area contributed by atoms with Gasteiger partial charge in [0.25, 0.3) is 0 Å². The molecule has 0 radical (unpaired) electrons. The van der Waals surface area contributed by atoms with Crippen molar-refractivity contribution < 1.29 is 4.39 Å². The first-order chi connectivity index (χ1) is 8.79. The SMILES string of the molecule is CNCC(Cc1ccccc1)c1ccc(F)cc1. The van der Waals surface area contributed by atoms with Crippen molar-refractivity contribution in [3.05, 3.63) is 71.5 Å². The van der Waals surface area contributed by atoms with E-state index < -0.39 is 0 Å². The van der Waals surface area contributed by atoms with Gasteiger partial charge in [0.1, 0.15) is 5.82 Å². The Balaban J connectivity index is 2.15. The molecule has 0 spiro atoms. The van der Waals surface area contributed by atoms with Gasteiger partial charge in [0, 0.05) is 12.5 Å². The topological polar surface area (TPSA) is 12.0 Å². The van der Waals surface area contributed by atoms with Crippen molar-refractivity contribution >= 4 is 0 Å². The molecule has 18 heavy (non-hydrogen) atoms. The molecule has 0 aliphatic heterocycles. The number of rotatable bonds is 5. The van der Waals surface area contributed by atoms with E-state index in [2.05, 4.69) is 29.6 Å². The summed E-state index contributed by atoms with van der Waals surface area (Å²) in [7, 11) is 1.95. The van der Waals surface area contributed by atoms with Gasteiger partial charge in [-0.3, -0.25) is 0 Å². The summed E-state index contributed by atoms with van der Waals surface area (Å²) in [6.07, 6.45) is 0.966. The maximum atomic E-state index is 12.9. The zero-order valence-electron chi connectivity index (χ0n) is 10.6. The lowest BCUT2D eigenvalue weighted by molar-refractivity contribution is 0.611. The Morgan fingerprint density at radius 3 is 2.28 bits per heavy atom. The molecule has 94 valence electrons. The van der Waals surface area contributed by atoms with E-state index in [0.29, 0.717) is 5.92 Å². The van der Waals surface area contributed by atoms with Crippen LogP contribution in [0.4, 0.5) is 4.39 Å². The van der Waals surface area contributed by atoms with Crippen LogP contribution in [0.25, 0.3) is 0 Å². The molecule has 0 aliphatic rings. The monoisotopic (exact) mass is 243 g/mol. The van der Waals surface area contributed by atoms with E-state index >= 15 is 0 Å². The summed E-state index contributed by atoms with van der Waals surface area (Å²) in [6.45, 7) is 0.889. The molecule has 0 saturated heterocycles. The summed E-state index contributed by atoms with van der Waals surface area (Å²) in [5.41, 5.74) is 2.48. The molecule has 0 aromatic heterocycles. The molecule has 1 atom stereocenters. The van der Waals surface area contributed by atoms with Gasteiger partial charge in [0.15, 0.2) is 0 Å². The highest BCUT2D eigenvalue weighted by Crippen LogP contribution is 2.20. The van der Waals surface area contributed by atoms with Crippen LogP contribution in [0.5, 0.6) is 0 Å². The van der Waals surface area contributed by atoms with E-state index in [0.717, 1.165) is 13.0 Å². The third kappa shape index (κ3) is 3.41. The van der Waals surface area contributed by atoms with E-state index in [-0.39, 0.29) is 5.82 Å². The van der Waals surface area contributed by atoms with Gasteiger partial charge < -0.3 is 5.32 Å². The van der Waals surface area contributed by atoms with Gasteiger partial charge in [-0.15, -0.1) is 0 Å². The molecular formula is C16H18FN. The molecule has 2 heteroatoms. The maximum absolute atomic E-state index is 12.9. The first-order valence-electron chi connectivity index (χ1n) is 6.23. The molecule has 0 heterocycles. The van der Waals surface area contributed by atoms with Crippen molar-refractivity contribution in [1.29, 1.82) is 0 Å². The summed E-state index contributed by atoms with van der Waals surface area (Å²) >= 11 is 0. The third-order valence-electron chi connectivity index (χ3n) is 3.12. The number of likely N-dealkylation sites (N-methyl/N-ethyl adjacent to an activating group) is 1. The predicted molar refractivity (Wildman–Crippen MR) is 73.2 cm³/mol. The van der Waals surface area contributed by atoms with Gasteiger partial charge in [-0.25, -0.2) is 4.39 Å². The van der Waals surface area contributed by atoms with Crippen molar-refractivity contribution in [2.75, 3.05) is 13.6 Å². The lowest BCUT2D eigenvalue weighted by Crippen LogP contribution is -2.19. The van der Waals surface area contributed by atoms with Crippen LogP contribution in [-0.2, 0) is 6.42 Å². The Bertz CT molecular complexity index is 464. The summed E-state index contributed by atoms with van der Waals surface area (Å²) in [6, 6.07) is 17.2. The van der Waals surface area contributed by atoms with Crippen molar-refractivity contribution in [1.82, 2.24) is 5.32 Å². The second-order valence-corrected chi connectivity index (χ2v) is 4.50. The Hall–Kier alpha value is -1.67. The molecular weight excluding hydrogens is 225 g/mol. The van der Waals surface area contributed by atoms with Gasteiger partial charge >= 0.3 is 0 Å². The molecule has 0 bridgehead atoms. The maximum Gasteiger partial charge on any atom is 0.123 e.